The van der Waals surface area contributed by atoms with E-state index in [-0.39, 0.29) is 0 Å². The van der Waals surface area contributed by atoms with Gasteiger partial charge in [0.15, 0.2) is 0 Å². The van der Waals surface area contributed by atoms with Gasteiger partial charge in [0.25, 0.3) is 0 Å². The van der Waals surface area contributed by atoms with Gasteiger partial charge in [-0.25, -0.2) is 0 Å². The molecular formula is C14H23N. The van der Waals surface area contributed by atoms with Crippen LogP contribution in [0.25, 0.3) is 0 Å². The Kier molecular flexibility index (Phi) is 2.59. The first-order valence-electron chi connectivity index (χ1n) is 6.79. The molecule has 1 heteroatoms. The van der Waals surface area contributed by atoms with Crippen molar-refractivity contribution in [2.75, 3.05) is 13.1 Å². The van der Waals surface area contributed by atoms with E-state index in [9.17, 15) is 0 Å². The van der Waals surface area contributed by atoms with Gasteiger partial charge in [0.2, 0.25) is 0 Å². The molecule has 0 radical (unpaired) electrons. The van der Waals surface area contributed by atoms with Crippen molar-refractivity contribution in [2.24, 2.45) is 5.92 Å². The first-order valence-corrected chi connectivity index (χ1v) is 6.79. The minimum absolute atomic E-state index is 0.866. The second-order valence-electron chi connectivity index (χ2n) is 5.78. The third-order valence-corrected chi connectivity index (χ3v) is 4.65. The van der Waals surface area contributed by atoms with E-state index in [1.165, 1.54) is 58.0 Å². The molecule has 0 saturated carbocycles. The summed E-state index contributed by atoms with van der Waals surface area (Å²) in [5.74, 6) is 0.937. The molecule has 0 aromatic heterocycles. The summed E-state index contributed by atoms with van der Waals surface area (Å²) < 4.78 is 0. The molecule has 0 aromatic rings. The lowest BCUT2D eigenvalue weighted by Crippen LogP contribution is -2.47. The molecule has 3 rings (SSSR count). The van der Waals surface area contributed by atoms with Gasteiger partial charge in [-0.1, -0.05) is 18.1 Å². The highest BCUT2D eigenvalue weighted by Gasteiger charge is 2.33. The van der Waals surface area contributed by atoms with Crippen LogP contribution in [-0.4, -0.2) is 24.0 Å². The van der Waals surface area contributed by atoms with Gasteiger partial charge in [0, 0.05) is 19.1 Å². The molecule has 1 saturated heterocycles. The van der Waals surface area contributed by atoms with Gasteiger partial charge < -0.3 is 0 Å². The molecule has 1 fully saturated rings. The minimum atomic E-state index is 0.866. The lowest BCUT2D eigenvalue weighted by Gasteiger charge is -2.45. The van der Waals surface area contributed by atoms with Crippen molar-refractivity contribution in [3.05, 3.63) is 11.1 Å². The van der Waals surface area contributed by atoms with E-state index < -0.39 is 0 Å². The number of hydrogen-bond acceptors (Lipinski definition) is 1. The Bertz CT molecular complexity index is 279. The monoisotopic (exact) mass is 205 g/mol. The second-order valence-corrected chi connectivity index (χ2v) is 5.78. The zero-order chi connectivity index (χ0) is 10.3. The summed E-state index contributed by atoms with van der Waals surface area (Å²) in [6.07, 6.45) is 10.1. The Balaban J connectivity index is 1.83. The van der Waals surface area contributed by atoms with Crippen LogP contribution in [0.5, 0.6) is 0 Å². The smallest absolute Gasteiger partial charge is 0.0310 e. The standard InChI is InChI=1S/C14H23N/c1-11-6-7-14-13-5-3-2-4-12(13)8-9-15(14)10-11/h11,14H,2-10H2,1H3/t11-,14+/m1/s1. The largest absolute Gasteiger partial charge is 0.296 e. The maximum atomic E-state index is 2.78. The summed E-state index contributed by atoms with van der Waals surface area (Å²) >= 11 is 0. The van der Waals surface area contributed by atoms with E-state index in [0.717, 1.165) is 12.0 Å². The highest BCUT2D eigenvalue weighted by molar-refractivity contribution is 5.26. The molecule has 15 heavy (non-hydrogen) atoms. The highest BCUT2D eigenvalue weighted by atomic mass is 15.2. The molecule has 0 N–H and O–H groups in total. The van der Waals surface area contributed by atoms with Crippen LogP contribution >= 0.6 is 0 Å². The molecule has 2 heterocycles. The quantitative estimate of drug-likeness (QED) is 0.548. The average Bonchev–Trinajstić information content (AvgIpc) is 2.28. The van der Waals surface area contributed by atoms with Crippen LogP contribution in [0.3, 0.4) is 0 Å². The van der Waals surface area contributed by atoms with E-state index in [1.54, 1.807) is 0 Å². The van der Waals surface area contributed by atoms with E-state index in [0.29, 0.717) is 0 Å². The molecule has 0 spiro atoms. The van der Waals surface area contributed by atoms with Crippen LogP contribution in [0, 0.1) is 5.92 Å². The lowest BCUT2D eigenvalue weighted by atomic mass is 9.78. The molecule has 1 nitrogen and oxygen atoms in total. The summed E-state index contributed by atoms with van der Waals surface area (Å²) in [6, 6.07) is 0.866. The number of rotatable bonds is 0. The summed E-state index contributed by atoms with van der Waals surface area (Å²) in [6.45, 7) is 5.14. The maximum absolute atomic E-state index is 2.78. The summed E-state index contributed by atoms with van der Waals surface area (Å²) in [7, 11) is 0. The van der Waals surface area contributed by atoms with Gasteiger partial charge in [0.05, 0.1) is 0 Å². The van der Waals surface area contributed by atoms with Crippen molar-refractivity contribution in [1.29, 1.82) is 0 Å². The summed E-state index contributed by atoms with van der Waals surface area (Å²) in [5, 5.41) is 0. The van der Waals surface area contributed by atoms with Crippen molar-refractivity contribution in [1.82, 2.24) is 4.90 Å². The van der Waals surface area contributed by atoms with Crippen molar-refractivity contribution >= 4 is 0 Å². The van der Waals surface area contributed by atoms with Crippen LogP contribution in [-0.2, 0) is 0 Å². The molecule has 2 atom stereocenters. The number of piperidine rings is 1. The van der Waals surface area contributed by atoms with Gasteiger partial charge in [-0.05, 0) is 50.9 Å². The molecule has 0 unspecified atom stereocenters. The van der Waals surface area contributed by atoms with Gasteiger partial charge in [-0.2, -0.15) is 0 Å². The fourth-order valence-electron chi connectivity index (χ4n) is 3.84. The van der Waals surface area contributed by atoms with Gasteiger partial charge >= 0.3 is 0 Å². The molecule has 2 aliphatic heterocycles. The molecule has 1 aliphatic carbocycles. The van der Waals surface area contributed by atoms with E-state index in [4.69, 9.17) is 0 Å². The number of fused-ring (bicyclic) bond motifs is 2. The fourth-order valence-corrected chi connectivity index (χ4v) is 3.84. The zero-order valence-electron chi connectivity index (χ0n) is 9.97. The fraction of sp³-hybridized carbons (Fsp3) is 0.857. The van der Waals surface area contributed by atoms with Crippen molar-refractivity contribution in [2.45, 2.75) is 57.9 Å². The Morgan fingerprint density at radius 1 is 1.07 bits per heavy atom. The average molecular weight is 205 g/mol. The Morgan fingerprint density at radius 2 is 1.93 bits per heavy atom. The Labute approximate surface area is 93.5 Å². The van der Waals surface area contributed by atoms with Crippen LogP contribution in [0.2, 0.25) is 0 Å². The first kappa shape index (κ1) is 9.89. The molecule has 0 aromatic carbocycles. The summed E-state index contributed by atoms with van der Waals surface area (Å²) in [5.41, 5.74) is 3.73. The minimum Gasteiger partial charge on any atom is -0.296 e. The molecule has 0 bridgehead atoms. The zero-order valence-corrected chi connectivity index (χ0v) is 9.97. The van der Waals surface area contributed by atoms with Crippen molar-refractivity contribution in [3.8, 4) is 0 Å². The Hall–Kier alpha value is -0.300. The number of hydrogen-bond donors (Lipinski definition) is 0. The van der Waals surface area contributed by atoms with Crippen LogP contribution < -0.4 is 0 Å². The van der Waals surface area contributed by atoms with E-state index in [1.807, 2.05) is 11.1 Å². The third-order valence-electron chi connectivity index (χ3n) is 4.65. The number of nitrogens with zero attached hydrogens (tertiary/aromatic N) is 1. The third kappa shape index (κ3) is 1.75. The topological polar surface area (TPSA) is 3.24 Å². The van der Waals surface area contributed by atoms with E-state index >= 15 is 0 Å². The molecular weight excluding hydrogens is 182 g/mol. The normalized spacial score (nSPS) is 37.4. The van der Waals surface area contributed by atoms with E-state index in [2.05, 4.69) is 11.8 Å². The summed E-state index contributed by atoms with van der Waals surface area (Å²) in [4.78, 5) is 2.78. The SMILES string of the molecule is C[C@@H]1CC[C@H]2C3=C(CCCC3)CCN2C1. The predicted octanol–water partition coefficient (Wildman–Crippen LogP) is 3.36. The molecule has 84 valence electrons. The van der Waals surface area contributed by atoms with Crippen molar-refractivity contribution < 1.29 is 0 Å². The first-order chi connectivity index (χ1) is 7.34. The van der Waals surface area contributed by atoms with Crippen LogP contribution in [0.1, 0.15) is 51.9 Å². The van der Waals surface area contributed by atoms with Gasteiger partial charge in [0.1, 0.15) is 0 Å². The predicted molar refractivity (Wildman–Crippen MR) is 63.9 cm³/mol. The van der Waals surface area contributed by atoms with Crippen LogP contribution in [0.15, 0.2) is 11.1 Å². The lowest BCUT2D eigenvalue weighted by molar-refractivity contribution is 0.120. The van der Waals surface area contributed by atoms with Gasteiger partial charge in [-0.15, -0.1) is 0 Å². The Morgan fingerprint density at radius 3 is 2.87 bits per heavy atom. The maximum Gasteiger partial charge on any atom is 0.0310 e. The van der Waals surface area contributed by atoms with Gasteiger partial charge in [-0.3, -0.25) is 4.90 Å². The second kappa shape index (κ2) is 3.93. The van der Waals surface area contributed by atoms with Crippen LogP contribution in [0.4, 0.5) is 0 Å². The van der Waals surface area contributed by atoms with Crippen molar-refractivity contribution in [3.63, 3.8) is 0 Å². The molecule has 0 amide bonds. The molecule has 3 aliphatic rings. The highest BCUT2D eigenvalue weighted by Crippen LogP contribution is 2.39.